The first-order valence-corrected chi connectivity index (χ1v) is 6.30. The fraction of sp³-hybridized carbons (Fsp3) is 0.176. The standard InChI is InChI=1S/C17H16FO/c1-3-17(19)12(2)14-9-10-15(16(18)11-14)13-7-5-4-6-8-13/h4-12H,1,3H2,2H3/q+1. The molecule has 0 N–H and O–H groups in total. The van der Waals surface area contributed by atoms with Crippen molar-refractivity contribution in [1.82, 2.24) is 0 Å². The highest BCUT2D eigenvalue weighted by molar-refractivity contribution is 5.85. The van der Waals surface area contributed by atoms with E-state index in [1.54, 1.807) is 13.0 Å². The van der Waals surface area contributed by atoms with E-state index < -0.39 is 0 Å². The maximum Gasteiger partial charge on any atom is 0.183 e. The van der Waals surface area contributed by atoms with Gasteiger partial charge >= 0.3 is 0 Å². The summed E-state index contributed by atoms with van der Waals surface area (Å²) in [6.45, 7) is 5.36. The number of hydrogen-bond donors (Lipinski definition) is 0. The topological polar surface area (TPSA) is 17.1 Å². The van der Waals surface area contributed by atoms with Crippen molar-refractivity contribution in [3.05, 3.63) is 66.8 Å². The summed E-state index contributed by atoms with van der Waals surface area (Å²) in [5.74, 6) is -0.587. The Hall–Kier alpha value is -2.09. The average molecular weight is 255 g/mol. The second-order valence-corrected chi connectivity index (χ2v) is 4.54. The highest BCUT2D eigenvalue weighted by Gasteiger charge is 2.17. The summed E-state index contributed by atoms with van der Waals surface area (Å²) in [6.07, 6.45) is 0.225. The average Bonchev–Trinajstić information content (AvgIpc) is 2.46. The van der Waals surface area contributed by atoms with Crippen molar-refractivity contribution in [2.75, 3.05) is 0 Å². The molecule has 2 aromatic rings. The van der Waals surface area contributed by atoms with Gasteiger partial charge in [-0.3, -0.25) is 4.79 Å². The molecular weight excluding hydrogens is 239 g/mol. The molecule has 0 aliphatic rings. The lowest BCUT2D eigenvalue weighted by molar-refractivity contribution is -0.119. The summed E-state index contributed by atoms with van der Waals surface area (Å²) < 4.78 is 14.1. The third-order valence-electron chi connectivity index (χ3n) is 3.31. The van der Waals surface area contributed by atoms with Gasteiger partial charge in [0.15, 0.2) is 5.78 Å². The molecule has 1 nitrogen and oxygen atoms in total. The number of carbonyl (C=O) groups is 1. The molecule has 0 aliphatic heterocycles. The Labute approximate surface area is 113 Å². The van der Waals surface area contributed by atoms with Crippen LogP contribution in [0.5, 0.6) is 0 Å². The number of Topliss-reactive ketones (excluding diaryl/α,β-unsaturated/α-hetero) is 1. The molecule has 2 aromatic carbocycles. The van der Waals surface area contributed by atoms with Crippen LogP contribution < -0.4 is 0 Å². The summed E-state index contributed by atoms with van der Waals surface area (Å²) >= 11 is 0. The zero-order chi connectivity index (χ0) is 13.8. The van der Waals surface area contributed by atoms with Crippen molar-refractivity contribution < 1.29 is 9.18 Å². The van der Waals surface area contributed by atoms with Crippen LogP contribution >= 0.6 is 0 Å². The molecule has 0 radical (unpaired) electrons. The zero-order valence-electron chi connectivity index (χ0n) is 10.9. The minimum absolute atomic E-state index is 0.0202. The summed E-state index contributed by atoms with van der Waals surface area (Å²) in [5.41, 5.74) is 2.09. The second-order valence-electron chi connectivity index (χ2n) is 4.54. The van der Waals surface area contributed by atoms with E-state index in [1.165, 1.54) is 6.07 Å². The number of carbonyl (C=O) groups excluding carboxylic acids is 1. The van der Waals surface area contributed by atoms with Gasteiger partial charge in [0, 0.05) is 11.5 Å². The quantitative estimate of drug-likeness (QED) is 0.740. The maximum absolute atomic E-state index is 14.1. The molecule has 0 amide bonds. The Kier molecular flexibility index (Phi) is 4.00. The fourth-order valence-corrected chi connectivity index (χ4v) is 2.05. The number of ketones is 1. The maximum atomic E-state index is 14.1. The Bertz CT molecular complexity index is 575. The van der Waals surface area contributed by atoms with Crippen molar-refractivity contribution in [2.24, 2.45) is 0 Å². The van der Waals surface area contributed by atoms with Gasteiger partial charge in [0.1, 0.15) is 12.2 Å². The minimum atomic E-state index is -0.308. The largest absolute Gasteiger partial charge is 0.294 e. The van der Waals surface area contributed by atoms with E-state index in [9.17, 15) is 9.18 Å². The molecular formula is C17H16FO+. The Balaban J connectivity index is 2.35. The van der Waals surface area contributed by atoms with Crippen molar-refractivity contribution in [3.63, 3.8) is 0 Å². The zero-order valence-corrected chi connectivity index (χ0v) is 10.9. The number of rotatable bonds is 4. The van der Waals surface area contributed by atoms with E-state index in [0.717, 1.165) is 5.56 Å². The molecule has 0 spiro atoms. The first kappa shape index (κ1) is 13.3. The lowest BCUT2D eigenvalue weighted by Gasteiger charge is -2.10. The smallest absolute Gasteiger partial charge is 0.183 e. The van der Waals surface area contributed by atoms with Crippen molar-refractivity contribution in [2.45, 2.75) is 19.3 Å². The van der Waals surface area contributed by atoms with Crippen LogP contribution in [-0.4, -0.2) is 5.78 Å². The van der Waals surface area contributed by atoms with Gasteiger partial charge in [-0.15, -0.1) is 0 Å². The highest BCUT2D eigenvalue weighted by Crippen LogP contribution is 2.26. The molecule has 0 aromatic heterocycles. The van der Waals surface area contributed by atoms with Crippen molar-refractivity contribution in [1.29, 1.82) is 0 Å². The van der Waals surface area contributed by atoms with Gasteiger partial charge in [-0.2, -0.15) is 0 Å². The number of benzene rings is 2. The molecule has 0 fully saturated rings. The summed E-state index contributed by atoms with van der Waals surface area (Å²) in [5, 5.41) is 0. The lowest BCUT2D eigenvalue weighted by atomic mass is 9.93. The molecule has 2 rings (SSSR count). The van der Waals surface area contributed by atoms with E-state index in [0.29, 0.717) is 11.1 Å². The third kappa shape index (κ3) is 2.84. The number of hydrogen-bond acceptors (Lipinski definition) is 1. The molecule has 96 valence electrons. The Morgan fingerprint density at radius 2 is 1.89 bits per heavy atom. The minimum Gasteiger partial charge on any atom is -0.294 e. The van der Waals surface area contributed by atoms with Crippen LogP contribution in [0.2, 0.25) is 0 Å². The van der Waals surface area contributed by atoms with E-state index in [-0.39, 0.29) is 23.9 Å². The Morgan fingerprint density at radius 3 is 2.47 bits per heavy atom. The van der Waals surface area contributed by atoms with Gasteiger partial charge in [-0.25, -0.2) is 4.39 Å². The van der Waals surface area contributed by atoms with Crippen molar-refractivity contribution >= 4 is 5.78 Å². The van der Waals surface area contributed by atoms with E-state index in [1.807, 2.05) is 36.4 Å². The van der Waals surface area contributed by atoms with Crippen LogP contribution in [0, 0.1) is 12.7 Å². The van der Waals surface area contributed by atoms with Crippen LogP contribution in [-0.2, 0) is 4.79 Å². The molecule has 0 aliphatic carbocycles. The molecule has 0 saturated heterocycles. The van der Waals surface area contributed by atoms with E-state index >= 15 is 0 Å². The van der Waals surface area contributed by atoms with Crippen LogP contribution in [0.3, 0.4) is 0 Å². The van der Waals surface area contributed by atoms with E-state index in [4.69, 9.17) is 0 Å². The van der Waals surface area contributed by atoms with Gasteiger partial charge in [-0.05, 0) is 17.2 Å². The van der Waals surface area contributed by atoms with Gasteiger partial charge in [0.05, 0.1) is 6.92 Å². The molecule has 1 atom stereocenters. The monoisotopic (exact) mass is 255 g/mol. The summed E-state index contributed by atoms with van der Waals surface area (Å²) in [7, 11) is 0. The third-order valence-corrected chi connectivity index (χ3v) is 3.31. The summed E-state index contributed by atoms with van der Waals surface area (Å²) in [4.78, 5) is 11.6. The molecule has 0 bridgehead atoms. The highest BCUT2D eigenvalue weighted by atomic mass is 19.1. The lowest BCUT2D eigenvalue weighted by Crippen LogP contribution is -2.07. The molecule has 1 unspecified atom stereocenters. The second kappa shape index (κ2) is 5.70. The normalized spacial score (nSPS) is 12.1. The predicted molar refractivity (Wildman–Crippen MR) is 75.2 cm³/mol. The van der Waals surface area contributed by atoms with Crippen LogP contribution in [0.4, 0.5) is 4.39 Å². The van der Waals surface area contributed by atoms with Crippen molar-refractivity contribution in [3.8, 4) is 11.1 Å². The van der Waals surface area contributed by atoms with Crippen LogP contribution in [0.1, 0.15) is 24.8 Å². The fourth-order valence-electron chi connectivity index (χ4n) is 2.05. The molecule has 19 heavy (non-hydrogen) atoms. The molecule has 0 saturated carbocycles. The van der Waals surface area contributed by atoms with Gasteiger partial charge in [0.2, 0.25) is 0 Å². The van der Waals surface area contributed by atoms with Gasteiger partial charge < -0.3 is 0 Å². The predicted octanol–water partition coefficient (Wildman–Crippen LogP) is 4.39. The van der Waals surface area contributed by atoms with Gasteiger partial charge in [-0.1, -0.05) is 49.4 Å². The van der Waals surface area contributed by atoms with Gasteiger partial charge in [0.25, 0.3) is 0 Å². The van der Waals surface area contributed by atoms with Crippen LogP contribution in [0.15, 0.2) is 48.5 Å². The molecule has 2 heteroatoms. The Morgan fingerprint density at radius 1 is 1.21 bits per heavy atom. The van der Waals surface area contributed by atoms with E-state index in [2.05, 4.69) is 6.92 Å². The first-order valence-electron chi connectivity index (χ1n) is 6.30. The molecule has 0 heterocycles. The SMILES string of the molecule is [CH2+]CC(=O)C(C)c1ccc(-c2ccccc2)c(F)c1. The first-order chi connectivity index (χ1) is 9.13. The number of halogens is 1. The van der Waals surface area contributed by atoms with Crippen LogP contribution in [0.25, 0.3) is 11.1 Å². The summed E-state index contributed by atoms with van der Waals surface area (Å²) in [6, 6.07) is 14.3.